The molecule has 0 unspecified atom stereocenters. The van der Waals surface area contributed by atoms with Crippen LogP contribution in [0.5, 0.6) is 0 Å². The zero-order chi connectivity index (χ0) is 14.6. The third-order valence-electron chi connectivity index (χ3n) is 2.94. The highest BCUT2D eigenvalue weighted by atomic mass is 16.5. The molecule has 0 fully saturated rings. The van der Waals surface area contributed by atoms with Crippen molar-refractivity contribution in [2.45, 2.75) is 33.8 Å². The minimum Gasteiger partial charge on any atom is -0.376 e. The summed E-state index contributed by atoms with van der Waals surface area (Å²) >= 11 is 0. The third-order valence-corrected chi connectivity index (χ3v) is 2.94. The molecule has 0 aliphatic heterocycles. The molecule has 0 spiro atoms. The van der Waals surface area contributed by atoms with E-state index in [1.165, 1.54) is 11.1 Å². The monoisotopic (exact) mass is 270 g/mol. The smallest absolute Gasteiger partial charge is 0.0717 e. The van der Waals surface area contributed by atoms with E-state index in [-0.39, 0.29) is 0 Å². The van der Waals surface area contributed by atoms with Crippen LogP contribution in [-0.2, 0) is 17.8 Å². The molecular weight excluding hydrogens is 244 g/mol. The quantitative estimate of drug-likeness (QED) is 0.709. The lowest BCUT2D eigenvalue weighted by Gasteiger charge is -2.12. The van der Waals surface area contributed by atoms with Crippen molar-refractivity contribution in [3.8, 4) is 0 Å². The van der Waals surface area contributed by atoms with Crippen molar-refractivity contribution < 1.29 is 4.74 Å². The van der Waals surface area contributed by atoms with Gasteiger partial charge in [-0.25, -0.2) is 0 Å². The Hall–Kier alpha value is -1.60. The van der Waals surface area contributed by atoms with Gasteiger partial charge in [0.15, 0.2) is 0 Å². The molecule has 2 aromatic carbocycles. The first-order chi connectivity index (χ1) is 9.84. The predicted octanol–water partition coefficient (Wildman–Crippen LogP) is 5.11. The van der Waals surface area contributed by atoms with E-state index in [0.29, 0.717) is 12.5 Å². The second-order valence-electron chi connectivity index (χ2n) is 4.80. The van der Waals surface area contributed by atoms with Crippen molar-refractivity contribution in [1.29, 1.82) is 0 Å². The largest absolute Gasteiger partial charge is 0.376 e. The zero-order valence-corrected chi connectivity index (χ0v) is 12.9. The Morgan fingerprint density at radius 3 is 1.85 bits per heavy atom. The van der Waals surface area contributed by atoms with Crippen LogP contribution in [-0.4, -0.2) is 6.61 Å². The van der Waals surface area contributed by atoms with E-state index in [0.717, 1.165) is 13.0 Å². The number of benzene rings is 2. The van der Waals surface area contributed by atoms with E-state index in [2.05, 4.69) is 49.4 Å². The molecule has 1 heteroatoms. The topological polar surface area (TPSA) is 9.23 Å². The fourth-order valence-corrected chi connectivity index (χ4v) is 2.03. The number of hydrogen-bond donors (Lipinski definition) is 0. The normalized spacial score (nSPS) is 11.3. The fraction of sp³-hybridized carbons (Fsp3) is 0.368. The van der Waals surface area contributed by atoms with Gasteiger partial charge in [-0.1, -0.05) is 81.4 Å². The van der Waals surface area contributed by atoms with Gasteiger partial charge < -0.3 is 4.74 Å². The number of ether oxygens (including phenoxy) is 1. The van der Waals surface area contributed by atoms with E-state index in [1.807, 2.05) is 32.0 Å². The van der Waals surface area contributed by atoms with Gasteiger partial charge in [0.1, 0.15) is 0 Å². The number of rotatable bonds is 6. The average Bonchev–Trinajstić information content (AvgIpc) is 2.51. The van der Waals surface area contributed by atoms with Crippen LogP contribution < -0.4 is 0 Å². The molecule has 0 bridgehead atoms. The molecule has 2 aromatic rings. The highest BCUT2D eigenvalue weighted by Gasteiger charge is 2.03. The first-order valence-corrected chi connectivity index (χ1v) is 7.50. The second kappa shape index (κ2) is 10.2. The Morgan fingerprint density at radius 1 is 0.800 bits per heavy atom. The molecule has 0 aliphatic rings. The van der Waals surface area contributed by atoms with E-state index < -0.39 is 0 Å². The molecule has 0 aromatic heterocycles. The molecule has 0 N–H and O–H groups in total. The van der Waals surface area contributed by atoms with Crippen LogP contribution in [0, 0.1) is 5.92 Å². The molecule has 20 heavy (non-hydrogen) atoms. The van der Waals surface area contributed by atoms with Crippen LogP contribution in [0.2, 0.25) is 0 Å². The van der Waals surface area contributed by atoms with Crippen LogP contribution >= 0.6 is 0 Å². The predicted molar refractivity (Wildman–Crippen MR) is 86.8 cm³/mol. The molecule has 0 heterocycles. The Morgan fingerprint density at radius 2 is 1.30 bits per heavy atom. The summed E-state index contributed by atoms with van der Waals surface area (Å²) in [4.78, 5) is 0. The molecule has 1 nitrogen and oxygen atoms in total. The van der Waals surface area contributed by atoms with Crippen LogP contribution in [0.3, 0.4) is 0 Å². The SMILES string of the molecule is CC.C[C@H](COCc1ccccc1)Cc1ccccc1. The maximum Gasteiger partial charge on any atom is 0.0717 e. The molecule has 0 radical (unpaired) electrons. The highest BCUT2D eigenvalue weighted by Crippen LogP contribution is 2.09. The van der Waals surface area contributed by atoms with Gasteiger partial charge in [-0.05, 0) is 23.5 Å². The standard InChI is InChI=1S/C17H20O.C2H6/c1-15(12-16-8-4-2-5-9-16)13-18-14-17-10-6-3-7-11-17;1-2/h2-11,15H,12-14H2,1H3;1-2H3/t15-;/m0./s1. The Balaban J connectivity index is 0.000000956. The van der Waals surface area contributed by atoms with Gasteiger partial charge in [-0.15, -0.1) is 0 Å². The van der Waals surface area contributed by atoms with Crippen molar-refractivity contribution in [2.75, 3.05) is 6.61 Å². The Bertz CT molecular complexity index is 436. The van der Waals surface area contributed by atoms with Gasteiger partial charge in [-0.2, -0.15) is 0 Å². The molecule has 1 atom stereocenters. The molecule has 0 saturated heterocycles. The summed E-state index contributed by atoms with van der Waals surface area (Å²) in [6.07, 6.45) is 1.08. The zero-order valence-electron chi connectivity index (χ0n) is 12.9. The summed E-state index contributed by atoms with van der Waals surface area (Å²) in [6, 6.07) is 20.9. The maximum atomic E-state index is 5.75. The van der Waals surface area contributed by atoms with Crippen LogP contribution in [0.1, 0.15) is 31.9 Å². The molecule has 0 aliphatic carbocycles. The van der Waals surface area contributed by atoms with Crippen molar-refractivity contribution in [1.82, 2.24) is 0 Å². The molecule has 0 amide bonds. The number of hydrogen-bond acceptors (Lipinski definition) is 1. The van der Waals surface area contributed by atoms with Crippen molar-refractivity contribution in [3.63, 3.8) is 0 Å². The van der Waals surface area contributed by atoms with Crippen molar-refractivity contribution in [3.05, 3.63) is 71.8 Å². The summed E-state index contributed by atoms with van der Waals surface area (Å²) in [5, 5.41) is 0. The first kappa shape index (κ1) is 16.5. The molecule has 108 valence electrons. The Labute approximate surface area is 123 Å². The summed E-state index contributed by atoms with van der Waals surface area (Å²) in [6.45, 7) is 7.75. The summed E-state index contributed by atoms with van der Waals surface area (Å²) < 4.78 is 5.75. The Kier molecular flexibility index (Phi) is 8.41. The lowest BCUT2D eigenvalue weighted by Crippen LogP contribution is -2.08. The van der Waals surface area contributed by atoms with E-state index >= 15 is 0 Å². The summed E-state index contributed by atoms with van der Waals surface area (Å²) in [7, 11) is 0. The lowest BCUT2D eigenvalue weighted by atomic mass is 10.0. The second-order valence-corrected chi connectivity index (χ2v) is 4.80. The molecular formula is C19H26O. The molecule has 2 rings (SSSR count). The van der Waals surface area contributed by atoms with Gasteiger partial charge in [-0.3, -0.25) is 0 Å². The van der Waals surface area contributed by atoms with E-state index in [1.54, 1.807) is 0 Å². The van der Waals surface area contributed by atoms with Gasteiger partial charge >= 0.3 is 0 Å². The minimum absolute atomic E-state index is 0.552. The minimum atomic E-state index is 0.552. The van der Waals surface area contributed by atoms with Gasteiger partial charge in [0.05, 0.1) is 6.61 Å². The van der Waals surface area contributed by atoms with E-state index in [9.17, 15) is 0 Å². The fourth-order valence-electron chi connectivity index (χ4n) is 2.03. The molecule has 0 saturated carbocycles. The average molecular weight is 270 g/mol. The van der Waals surface area contributed by atoms with Gasteiger partial charge in [0, 0.05) is 6.61 Å². The first-order valence-electron chi connectivity index (χ1n) is 7.50. The summed E-state index contributed by atoms with van der Waals surface area (Å²) in [5.74, 6) is 0.552. The maximum absolute atomic E-state index is 5.75. The van der Waals surface area contributed by atoms with Gasteiger partial charge in [0.2, 0.25) is 0 Å². The van der Waals surface area contributed by atoms with Crippen LogP contribution in [0.15, 0.2) is 60.7 Å². The lowest BCUT2D eigenvalue weighted by molar-refractivity contribution is 0.0922. The van der Waals surface area contributed by atoms with Crippen LogP contribution in [0.25, 0.3) is 0 Å². The third kappa shape index (κ3) is 6.53. The highest BCUT2D eigenvalue weighted by molar-refractivity contribution is 5.15. The van der Waals surface area contributed by atoms with Crippen molar-refractivity contribution in [2.24, 2.45) is 5.92 Å². The van der Waals surface area contributed by atoms with E-state index in [4.69, 9.17) is 4.74 Å². The summed E-state index contributed by atoms with van der Waals surface area (Å²) in [5.41, 5.74) is 2.62. The van der Waals surface area contributed by atoms with Crippen LogP contribution in [0.4, 0.5) is 0 Å². The van der Waals surface area contributed by atoms with Crippen molar-refractivity contribution >= 4 is 0 Å². The van der Waals surface area contributed by atoms with Gasteiger partial charge in [0.25, 0.3) is 0 Å².